The van der Waals surface area contributed by atoms with E-state index < -0.39 is 0 Å². The number of morpholine rings is 1. The highest BCUT2D eigenvalue weighted by atomic mass is 35.5. The Bertz CT molecular complexity index is 582. The van der Waals surface area contributed by atoms with Crippen LogP contribution in [-0.2, 0) is 11.3 Å². The van der Waals surface area contributed by atoms with Gasteiger partial charge in [0.1, 0.15) is 0 Å². The third kappa shape index (κ3) is 3.65. The van der Waals surface area contributed by atoms with Gasteiger partial charge in [-0.15, -0.1) is 0 Å². The summed E-state index contributed by atoms with van der Waals surface area (Å²) in [6.45, 7) is 4.27. The molecule has 3 rings (SSSR count). The topological polar surface area (TPSA) is 37.4 Å². The van der Waals surface area contributed by atoms with Gasteiger partial charge in [0.25, 0.3) is 0 Å². The summed E-state index contributed by atoms with van der Waals surface area (Å²) in [5, 5.41) is 3.80. The molecule has 0 spiro atoms. The molecule has 0 atom stereocenters. The van der Waals surface area contributed by atoms with Crippen LogP contribution in [0.4, 0.5) is 11.4 Å². The Morgan fingerprint density at radius 3 is 2.62 bits per heavy atom. The number of anilines is 2. The van der Waals surface area contributed by atoms with Crippen molar-refractivity contribution in [1.29, 1.82) is 0 Å². The number of halogens is 1. The summed E-state index contributed by atoms with van der Waals surface area (Å²) in [6.07, 6.45) is 1.69. The first-order valence-corrected chi connectivity index (χ1v) is 7.47. The zero-order valence-corrected chi connectivity index (χ0v) is 12.5. The van der Waals surface area contributed by atoms with Gasteiger partial charge in [0.2, 0.25) is 0 Å². The van der Waals surface area contributed by atoms with Crippen molar-refractivity contribution >= 4 is 23.0 Å². The van der Waals surface area contributed by atoms with E-state index in [9.17, 15) is 0 Å². The molecule has 5 heteroatoms. The Morgan fingerprint density at radius 2 is 1.90 bits per heavy atom. The van der Waals surface area contributed by atoms with Crippen LogP contribution < -0.4 is 10.2 Å². The Hall–Kier alpha value is -1.78. The van der Waals surface area contributed by atoms with Crippen molar-refractivity contribution in [2.75, 3.05) is 36.5 Å². The van der Waals surface area contributed by atoms with Gasteiger partial charge >= 0.3 is 0 Å². The molecule has 0 bridgehead atoms. The van der Waals surface area contributed by atoms with Crippen molar-refractivity contribution in [2.24, 2.45) is 0 Å². The average molecular weight is 304 g/mol. The normalized spacial score (nSPS) is 15.0. The van der Waals surface area contributed by atoms with Crippen LogP contribution in [0.1, 0.15) is 5.56 Å². The van der Waals surface area contributed by atoms with Gasteiger partial charge in [0, 0.05) is 31.5 Å². The van der Waals surface area contributed by atoms with Gasteiger partial charge in [-0.25, -0.2) is 4.98 Å². The van der Waals surface area contributed by atoms with Crippen LogP contribution in [0.5, 0.6) is 0 Å². The minimum atomic E-state index is 0.502. The van der Waals surface area contributed by atoms with Gasteiger partial charge < -0.3 is 15.0 Å². The maximum absolute atomic E-state index is 6.03. The SMILES string of the molecule is Clc1ncccc1NCc1ccc(N2CCOCC2)cc1. The lowest BCUT2D eigenvalue weighted by Crippen LogP contribution is -2.36. The van der Waals surface area contributed by atoms with Crippen molar-refractivity contribution in [2.45, 2.75) is 6.54 Å². The molecule has 0 aliphatic carbocycles. The molecule has 2 heterocycles. The van der Waals surface area contributed by atoms with E-state index in [1.165, 1.54) is 11.3 Å². The zero-order valence-electron chi connectivity index (χ0n) is 11.8. The summed E-state index contributed by atoms with van der Waals surface area (Å²) < 4.78 is 5.37. The van der Waals surface area contributed by atoms with Crippen LogP contribution >= 0.6 is 11.6 Å². The fourth-order valence-electron chi connectivity index (χ4n) is 2.36. The number of hydrogen-bond acceptors (Lipinski definition) is 4. The highest BCUT2D eigenvalue weighted by Crippen LogP contribution is 2.20. The quantitative estimate of drug-likeness (QED) is 0.880. The smallest absolute Gasteiger partial charge is 0.152 e. The van der Waals surface area contributed by atoms with Crippen molar-refractivity contribution in [1.82, 2.24) is 4.98 Å². The number of nitrogens with zero attached hydrogens (tertiary/aromatic N) is 2. The van der Waals surface area contributed by atoms with Gasteiger partial charge in [-0.2, -0.15) is 0 Å². The molecule has 1 aromatic heterocycles. The molecule has 0 amide bonds. The van der Waals surface area contributed by atoms with Gasteiger partial charge in [0.15, 0.2) is 5.15 Å². The number of aromatic nitrogens is 1. The van der Waals surface area contributed by atoms with E-state index in [0.29, 0.717) is 5.15 Å². The molecule has 1 aliphatic heterocycles. The second-order valence-electron chi connectivity index (χ2n) is 4.96. The molecule has 1 aliphatic rings. The summed E-state index contributed by atoms with van der Waals surface area (Å²) in [6, 6.07) is 12.4. The minimum Gasteiger partial charge on any atom is -0.378 e. The predicted octanol–water partition coefficient (Wildman–Crippen LogP) is 3.18. The lowest BCUT2D eigenvalue weighted by atomic mass is 10.2. The highest BCUT2D eigenvalue weighted by molar-refractivity contribution is 6.31. The van der Waals surface area contributed by atoms with Crippen LogP contribution in [0.25, 0.3) is 0 Å². The van der Waals surface area contributed by atoms with Gasteiger partial charge in [-0.05, 0) is 29.8 Å². The maximum Gasteiger partial charge on any atom is 0.152 e. The molecular weight excluding hydrogens is 286 g/mol. The van der Waals surface area contributed by atoms with E-state index in [2.05, 4.69) is 39.5 Å². The van der Waals surface area contributed by atoms with E-state index in [1.54, 1.807) is 6.20 Å². The molecule has 1 aromatic carbocycles. The van der Waals surface area contributed by atoms with Crippen LogP contribution in [0.3, 0.4) is 0 Å². The Balaban J connectivity index is 1.60. The van der Waals surface area contributed by atoms with E-state index >= 15 is 0 Å². The number of pyridine rings is 1. The first-order chi connectivity index (χ1) is 10.3. The highest BCUT2D eigenvalue weighted by Gasteiger charge is 2.10. The minimum absolute atomic E-state index is 0.502. The van der Waals surface area contributed by atoms with Gasteiger partial charge in [-0.3, -0.25) is 0 Å². The molecular formula is C16H18ClN3O. The Kier molecular flexibility index (Phi) is 4.58. The third-order valence-corrected chi connectivity index (χ3v) is 3.86. The molecule has 4 nitrogen and oxygen atoms in total. The summed E-state index contributed by atoms with van der Waals surface area (Å²) in [5.74, 6) is 0. The zero-order chi connectivity index (χ0) is 14.5. The van der Waals surface area contributed by atoms with Gasteiger partial charge in [-0.1, -0.05) is 23.7 Å². The van der Waals surface area contributed by atoms with Crippen LogP contribution in [0, 0.1) is 0 Å². The van der Waals surface area contributed by atoms with Crippen LogP contribution in [-0.4, -0.2) is 31.3 Å². The van der Waals surface area contributed by atoms with E-state index in [1.807, 2.05) is 12.1 Å². The number of ether oxygens (including phenoxy) is 1. The first-order valence-electron chi connectivity index (χ1n) is 7.09. The molecule has 21 heavy (non-hydrogen) atoms. The molecule has 0 unspecified atom stereocenters. The molecule has 0 saturated carbocycles. The molecule has 1 N–H and O–H groups in total. The second kappa shape index (κ2) is 6.78. The lowest BCUT2D eigenvalue weighted by molar-refractivity contribution is 0.122. The summed E-state index contributed by atoms with van der Waals surface area (Å²) >= 11 is 6.03. The summed E-state index contributed by atoms with van der Waals surface area (Å²) in [5.41, 5.74) is 3.32. The van der Waals surface area contributed by atoms with Crippen LogP contribution in [0.2, 0.25) is 5.15 Å². The largest absolute Gasteiger partial charge is 0.378 e. The maximum atomic E-state index is 6.03. The van der Waals surface area contributed by atoms with Crippen molar-refractivity contribution in [3.8, 4) is 0 Å². The number of rotatable bonds is 4. The standard InChI is InChI=1S/C16H18ClN3O/c17-16-15(2-1-7-18-16)19-12-13-3-5-14(6-4-13)20-8-10-21-11-9-20/h1-7,19H,8-12H2. The fraction of sp³-hybridized carbons (Fsp3) is 0.312. The number of benzene rings is 1. The van der Waals surface area contributed by atoms with E-state index in [4.69, 9.17) is 16.3 Å². The molecule has 110 valence electrons. The third-order valence-electron chi connectivity index (χ3n) is 3.55. The predicted molar refractivity (Wildman–Crippen MR) is 86.0 cm³/mol. The second-order valence-corrected chi connectivity index (χ2v) is 5.32. The number of hydrogen-bond donors (Lipinski definition) is 1. The fourth-order valence-corrected chi connectivity index (χ4v) is 2.55. The van der Waals surface area contributed by atoms with Crippen LogP contribution in [0.15, 0.2) is 42.6 Å². The molecule has 1 fully saturated rings. The van der Waals surface area contributed by atoms with Crippen molar-refractivity contribution in [3.63, 3.8) is 0 Å². The molecule has 1 saturated heterocycles. The van der Waals surface area contributed by atoms with Gasteiger partial charge in [0.05, 0.1) is 18.9 Å². The average Bonchev–Trinajstić information content (AvgIpc) is 2.55. The number of nitrogens with one attached hydrogen (secondary N) is 1. The molecule has 0 radical (unpaired) electrons. The Morgan fingerprint density at radius 1 is 1.14 bits per heavy atom. The first kappa shape index (κ1) is 14.2. The van der Waals surface area contributed by atoms with Crippen molar-refractivity contribution in [3.05, 3.63) is 53.3 Å². The monoisotopic (exact) mass is 303 g/mol. The van der Waals surface area contributed by atoms with Crippen molar-refractivity contribution < 1.29 is 4.74 Å². The van der Waals surface area contributed by atoms with E-state index in [0.717, 1.165) is 38.5 Å². The molecule has 2 aromatic rings. The van der Waals surface area contributed by atoms with E-state index in [-0.39, 0.29) is 0 Å². The summed E-state index contributed by atoms with van der Waals surface area (Å²) in [7, 11) is 0. The lowest BCUT2D eigenvalue weighted by Gasteiger charge is -2.28. The summed E-state index contributed by atoms with van der Waals surface area (Å²) in [4.78, 5) is 6.40. The Labute approximate surface area is 129 Å².